The van der Waals surface area contributed by atoms with Gasteiger partial charge in [0.1, 0.15) is 24.4 Å². The van der Waals surface area contributed by atoms with E-state index >= 15 is 0 Å². The fourth-order valence-corrected chi connectivity index (χ4v) is 0.618. The summed E-state index contributed by atoms with van der Waals surface area (Å²) in [6, 6.07) is 0. The molecule has 0 heterocycles. The van der Waals surface area contributed by atoms with Crippen LogP contribution >= 0.6 is 0 Å². The van der Waals surface area contributed by atoms with Crippen molar-refractivity contribution >= 4 is 6.29 Å². The fourth-order valence-electron chi connectivity index (χ4n) is 0.618. The van der Waals surface area contributed by atoms with Crippen LogP contribution < -0.4 is 0 Å². The second-order valence-electron chi connectivity index (χ2n) is 2.58. The van der Waals surface area contributed by atoms with Crippen molar-refractivity contribution in [3.8, 4) is 0 Å². The average Bonchev–Trinajstić information content (AvgIpc) is 2.24. The smallest absolute Gasteiger partial charge is 0.394 e. The third kappa shape index (κ3) is 11.7. The Labute approximate surface area is 111 Å². The number of carbonyl (C=O) groups excluding carboxylic acids is 1. The second-order valence-corrected chi connectivity index (χ2v) is 2.58. The van der Waals surface area contributed by atoms with Crippen LogP contribution in [0.2, 0.25) is 0 Å². The Morgan fingerprint density at radius 3 is 1.71 bits per heavy atom. The van der Waals surface area contributed by atoms with E-state index in [1.54, 1.807) is 0 Å². The maximum Gasteiger partial charge on any atom is 1.00 e. The third-order valence-corrected chi connectivity index (χ3v) is 1.42. The van der Waals surface area contributed by atoms with Gasteiger partial charge in [0.2, 0.25) is 0 Å². The molecule has 0 aliphatic rings. The molecule has 0 saturated carbocycles. The summed E-state index contributed by atoms with van der Waals surface area (Å²) in [5.41, 5.74) is 0. The zero-order valence-electron chi connectivity index (χ0n) is 8.21. The van der Waals surface area contributed by atoms with Gasteiger partial charge in [-0.25, -0.2) is 0 Å². The van der Waals surface area contributed by atoms with E-state index in [4.69, 9.17) is 40.9 Å². The zero-order chi connectivity index (χ0) is 13.3. The third-order valence-electron chi connectivity index (χ3n) is 1.42. The first kappa shape index (κ1) is 21.7. The molecule has 0 spiro atoms. The Bertz CT molecular complexity index is 212. The molecule has 0 aromatic rings. The number of rotatable bonds is 5. The monoisotopic (exact) mass is 349 g/mol. The first-order valence-corrected chi connectivity index (χ1v) is 3.87. The summed E-state index contributed by atoms with van der Waals surface area (Å²) < 4.78 is 0. The Hall–Kier alpha value is -0.590. The van der Waals surface area contributed by atoms with Gasteiger partial charge in [0, 0.05) is 0 Å². The van der Waals surface area contributed by atoms with Gasteiger partial charge in [0.05, 0.1) is 11.7 Å². The van der Waals surface area contributed by atoms with Gasteiger partial charge >= 0.3 is 22.4 Å². The molecule has 0 aliphatic carbocycles. The van der Waals surface area contributed by atoms with E-state index in [9.17, 15) is 4.79 Å². The van der Waals surface area contributed by atoms with Gasteiger partial charge in [0.15, 0.2) is 6.29 Å². The molecule has 0 aliphatic heterocycles. The quantitative estimate of drug-likeness (QED) is 0.144. The summed E-state index contributed by atoms with van der Waals surface area (Å²) in [4.78, 5) is 18.1. The number of aldehydes is 1. The molecule has 0 bridgehead atoms. The minimum absolute atomic E-state index is 0. The summed E-state index contributed by atoms with van der Waals surface area (Å²) in [5.74, 6) is 0. The van der Waals surface area contributed by atoms with Crippen molar-refractivity contribution in [2.24, 2.45) is 0 Å². The molecule has 17 heavy (non-hydrogen) atoms. The minimum atomic E-state index is -1.79. The van der Waals surface area contributed by atoms with E-state index in [1.807, 2.05) is 0 Å². The van der Waals surface area contributed by atoms with Crippen molar-refractivity contribution in [3.63, 3.8) is 0 Å². The molecular weight excluding hydrogens is 338 g/mol. The summed E-state index contributed by atoms with van der Waals surface area (Å²) >= 11 is 0. The molecule has 0 aromatic heterocycles. The topological polar surface area (TPSA) is 184 Å². The van der Waals surface area contributed by atoms with Crippen LogP contribution in [-0.4, -0.2) is 67.9 Å². The molecule has 4 atom stereocenters. The fraction of sp³-hybridized carbons (Fsp3) is 0.833. The van der Waals surface area contributed by atoms with Gasteiger partial charge in [-0.2, -0.15) is 0 Å². The Morgan fingerprint density at radius 2 is 1.47 bits per heavy atom. The predicted octanol–water partition coefficient (Wildman–Crippen LogP) is -3.62. The van der Waals surface area contributed by atoms with Gasteiger partial charge in [-0.3, -0.25) is 0 Å². The number of hydrogen-bond acceptors (Lipinski definition) is 9. The van der Waals surface area contributed by atoms with E-state index in [2.05, 4.69) is 0 Å². The van der Waals surface area contributed by atoms with Crippen LogP contribution in [0.15, 0.2) is 0 Å². The van der Waals surface area contributed by atoms with Gasteiger partial charge < -0.3 is 45.6 Å². The van der Waals surface area contributed by atoms with E-state index < -0.39 is 36.1 Å². The molecule has 106 valence electrons. The zero-order valence-corrected chi connectivity index (χ0v) is 9.69. The van der Waals surface area contributed by atoms with Gasteiger partial charge in [-0.15, -0.1) is 0 Å². The average molecular weight is 350 g/mol. The largest absolute Gasteiger partial charge is 1.00 e. The van der Waals surface area contributed by atoms with Crippen LogP contribution in [0.1, 0.15) is 0 Å². The molecule has 5 N–H and O–H groups in total. The molecule has 11 heteroatoms. The molecule has 4 unspecified atom stereocenters. The van der Waals surface area contributed by atoms with E-state index in [0.29, 0.717) is 0 Å². The first-order valence-electron chi connectivity index (χ1n) is 3.87. The summed E-state index contributed by atoms with van der Waals surface area (Å²) in [7, 11) is 0. The molecule has 0 fully saturated rings. The standard InChI is InChI=1S/C6H12O6.Ag.NO3/c7-1-3(9)5(11)6(12)4(10)2-8;;2-1(3)4/h1,3-6,8-12H,2H2;;/q;+1;-1. The van der Waals surface area contributed by atoms with E-state index in [0.717, 1.165) is 0 Å². The Kier molecular flexibility index (Phi) is 15.1. The van der Waals surface area contributed by atoms with Crippen LogP contribution in [0, 0.1) is 15.3 Å². The molecule has 10 nitrogen and oxygen atoms in total. The predicted molar refractivity (Wildman–Crippen MR) is 47.5 cm³/mol. The minimum Gasteiger partial charge on any atom is -0.394 e. The SMILES string of the molecule is O=CC(O)C(O)C(O)C(O)CO.O=[N+]([O-])[O-].[Ag+]. The Morgan fingerprint density at radius 1 is 1.12 bits per heavy atom. The second kappa shape index (κ2) is 11.9. The number of hydrogen-bond donors (Lipinski definition) is 5. The molecule has 0 aromatic carbocycles. The molecular formula is C6H12AgNO9. The number of aliphatic hydroxyl groups excluding tert-OH is 5. The van der Waals surface area contributed by atoms with Crippen LogP contribution in [-0.2, 0) is 27.2 Å². The van der Waals surface area contributed by atoms with Crippen molar-refractivity contribution in [1.82, 2.24) is 0 Å². The van der Waals surface area contributed by atoms with Crippen molar-refractivity contribution in [3.05, 3.63) is 15.3 Å². The normalized spacial score (nSPS) is 16.3. The molecule has 0 saturated heterocycles. The molecule has 0 rings (SSSR count). The summed E-state index contributed by atoms with van der Waals surface area (Å²) in [6.45, 7) is -0.760. The van der Waals surface area contributed by atoms with Gasteiger partial charge in [-0.05, 0) is 0 Å². The number of aliphatic hydroxyl groups is 5. The van der Waals surface area contributed by atoms with Gasteiger partial charge in [0.25, 0.3) is 0 Å². The van der Waals surface area contributed by atoms with Crippen molar-refractivity contribution in [2.75, 3.05) is 6.61 Å². The number of carbonyl (C=O) groups is 1. The maximum absolute atomic E-state index is 9.90. The van der Waals surface area contributed by atoms with Gasteiger partial charge in [-0.1, -0.05) is 0 Å². The summed E-state index contributed by atoms with van der Waals surface area (Å²) in [5, 5.41) is 58.3. The van der Waals surface area contributed by atoms with Crippen molar-refractivity contribution < 1.29 is 57.8 Å². The van der Waals surface area contributed by atoms with Crippen LogP contribution in [0.25, 0.3) is 0 Å². The molecule has 0 radical (unpaired) electrons. The van der Waals surface area contributed by atoms with Crippen LogP contribution in [0.4, 0.5) is 0 Å². The van der Waals surface area contributed by atoms with Crippen molar-refractivity contribution in [2.45, 2.75) is 24.4 Å². The number of nitrogens with zero attached hydrogens (tertiary/aromatic N) is 1. The molecule has 0 amide bonds. The van der Waals surface area contributed by atoms with E-state index in [1.165, 1.54) is 0 Å². The maximum atomic E-state index is 9.90. The van der Waals surface area contributed by atoms with Crippen LogP contribution in [0.3, 0.4) is 0 Å². The summed E-state index contributed by atoms with van der Waals surface area (Å²) in [6.07, 6.45) is -6.84. The first-order chi connectivity index (χ1) is 7.27. The Balaban J connectivity index is -0.000000340. The van der Waals surface area contributed by atoms with Crippen LogP contribution in [0.5, 0.6) is 0 Å². The van der Waals surface area contributed by atoms with Crippen molar-refractivity contribution in [1.29, 1.82) is 0 Å². The van der Waals surface area contributed by atoms with E-state index in [-0.39, 0.29) is 28.7 Å².